The van der Waals surface area contributed by atoms with Crippen molar-refractivity contribution in [3.63, 3.8) is 0 Å². The van der Waals surface area contributed by atoms with E-state index < -0.39 is 26.1 Å². The number of ether oxygens (including phenoxy) is 1. The maximum absolute atomic E-state index is 13.7. The van der Waals surface area contributed by atoms with Crippen molar-refractivity contribution in [3.05, 3.63) is 89.5 Å². The summed E-state index contributed by atoms with van der Waals surface area (Å²) in [5.74, 6) is 0.566. The van der Waals surface area contributed by atoms with Crippen LogP contribution >= 0.6 is 0 Å². The minimum atomic E-state index is -3.99. The zero-order chi connectivity index (χ0) is 25.2. The second-order valence-electron chi connectivity index (χ2n) is 8.18. The van der Waals surface area contributed by atoms with Crippen LogP contribution in [0, 0.1) is 6.92 Å². The first-order valence-corrected chi connectivity index (χ1v) is 14.2. The molecule has 184 valence electrons. The van der Waals surface area contributed by atoms with Gasteiger partial charge in [-0.05, 0) is 49.7 Å². The number of nitrogens with one attached hydrogen (secondary N) is 1. The number of hydrazone groups is 1. The van der Waals surface area contributed by atoms with Crippen LogP contribution in [0.25, 0.3) is 0 Å². The molecule has 3 aromatic rings. The Morgan fingerprint density at radius 1 is 0.971 bits per heavy atom. The number of benzene rings is 3. The molecule has 1 heterocycles. The average Bonchev–Trinajstić information content (AvgIpc) is 3.31. The second kappa shape index (κ2) is 9.71. The Morgan fingerprint density at radius 2 is 1.63 bits per heavy atom. The summed E-state index contributed by atoms with van der Waals surface area (Å²) in [5, 5.41) is 4.54. The molecular weight excluding hydrogens is 486 g/mol. The minimum absolute atomic E-state index is 0.0871. The van der Waals surface area contributed by atoms with Crippen molar-refractivity contribution in [1.29, 1.82) is 0 Å². The van der Waals surface area contributed by atoms with Gasteiger partial charge in [0.25, 0.3) is 10.0 Å². The number of methoxy groups -OCH3 is 1. The summed E-state index contributed by atoms with van der Waals surface area (Å²) in [4.78, 5) is 0.131. The van der Waals surface area contributed by atoms with Gasteiger partial charge in [-0.1, -0.05) is 48.0 Å². The van der Waals surface area contributed by atoms with E-state index in [1.54, 1.807) is 74.7 Å². The third kappa shape index (κ3) is 5.18. The number of anilines is 1. The summed E-state index contributed by atoms with van der Waals surface area (Å²) in [6, 6.07) is 20.0. The van der Waals surface area contributed by atoms with Crippen molar-refractivity contribution in [2.24, 2.45) is 5.10 Å². The van der Waals surface area contributed by atoms with E-state index in [1.807, 2.05) is 19.1 Å². The molecule has 0 unspecified atom stereocenters. The predicted molar refractivity (Wildman–Crippen MR) is 137 cm³/mol. The molecule has 0 fully saturated rings. The Kier molecular flexibility index (Phi) is 6.86. The molecule has 3 aromatic carbocycles. The smallest absolute Gasteiger partial charge is 0.279 e. The molecule has 8 nitrogen and oxygen atoms in total. The van der Waals surface area contributed by atoms with Gasteiger partial charge in [0.05, 0.1) is 35.2 Å². The molecule has 1 N–H and O–H groups in total. The first kappa shape index (κ1) is 24.7. The first-order valence-electron chi connectivity index (χ1n) is 11.1. The highest BCUT2D eigenvalue weighted by Crippen LogP contribution is 2.38. The van der Waals surface area contributed by atoms with E-state index in [0.29, 0.717) is 22.7 Å². The zero-order valence-corrected chi connectivity index (χ0v) is 21.3. The highest BCUT2D eigenvalue weighted by atomic mass is 32.2. The lowest BCUT2D eigenvalue weighted by Gasteiger charge is -2.23. The molecular formula is C25H27N3O5S2. The van der Waals surface area contributed by atoms with E-state index in [-0.39, 0.29) is 17.1 Å². The fourth-order valence-corrected chi connectivity index (χ4v) is 5.92. The van der Waals surface area contributed by atoms with Crippen molar-refractivity contribution in [3.8, 4) is 5.75 Å². The largest absolute Gasteiger partial charge is 0.497 e. The molecule has 0 saturated heterocycles. The van der Waals surface area contributed by atoms with Crippen LogP contribution in [0.5, 0.6) is 5.75 Å². The number of para-hydroxylation sites is 1. The molecule has 10 heteroatoms. The molecule has 0 aliphatic carbocycles. The van der Waals surface area contributed by atoms with Crippen LogP contribution in [-0.4, -0.2) is 39.8 Å². The van der Waals surface area contributed by atoms with Crippen molar-refractivity contribution >= 4 is 31.4 Å². The lowest BCUT2D eigenvalue weighted by molar-refractivity contribution is 0.370. The lowest BCUT2D eigenvalue weighted by atomic mass is 9.98. The summed E-state index contributed by atoms with van der Waals surface area (Å²) in [6.45, 7) is 3.44. The van der Waals surface area contributed by atoms with Crippen LogP contribution in [0.15, 0.2) is 82.8 Å². The van der Waals surface area contributed by atoms with E-state index >= 15 is 0 Å². The van der Waals surface area contributed by atoms with Crippen molar-refractivity contribution in [2.75, 3.05) is 17.6 Å². The van der Waals surface area contributed by atoms with Crippen LogP contribution in [0.3, 0.4) is 0 Å². The molecule has 4 rings (SSSR count). The summed E-state index contributed by atoms with van der Waals surface area (Å²) >= 11 is 0. The number of nitrogens with zero attached hydrogens (tertiary/aromatic N) is 2. The SMILES string of the molecule is CCS(=O)(=O)Nc1ccccc1C1=NN(S(=O)(=O)c2ccc(C)cc2)[C@H](c2ccc(OC)cc2)C1. The summed E-state index contributed by atoms with van der Waals surface area (Å²) < 4.78 is 60.8. The number of rotatable bonds is 8. The Labute approximate surface area is 206 Å². The molecule has 0 saturated carbocycles. The third-order valence-electron chi connectivity index (χ3n) is 5.82. The van der Waals surface area contributed by atoms with Gasteiger partial charge in [-0.15, -0.1) is 0 Å². The van der Waals surface area contributed by atoms with Gasteiger partial charge in [0.15, 0.2) is 0 Å². The van der Waals surface area contributed by atoms with E-state index in [4.69, 9.17) is 4.74 Å². The standard InChI is InChI=1S/C25H27N3O5S2/c1-4-34(29,30)27-23-8-6-5-7-22(23)24-17-25(19-11-13-20(33-3)14-12-19)28(26-24)35(31,32)21-15-9-18(2)10-16-21/h5-16,25,27H,4,17H2,1-3H3/t25-/m0/s1. The maximum Gasteiger partial charge on any atom is 0.279 e. The van der Waals surface area contributed by atoms with Gasteiger partial charge in [-0.2, -0.15) is 17.9 Å². The number of aryl methyl sites for hydroxylation is 1. The topological polar surface area (TPSA) is 105 Å². The molecule has 0 bridgehead atoms. The first-order chi connectivity index (χ1) is 16.6. The summed E-state index contributed by atoms with van der Waals surface area (Å²) in [5.41, 5.74) is 3.04. The quantitative estimate of drug-likeness (QED) is 0.483. The van der Waals surface area contributed by atoms with E-state index in [1.165, 1.54) is 0 Å². The third-order valence-corrected chi connectivity index (χ3v) is 8.81. The summed E-state index contributed by atoms with van der Waals surface area (Å²) in [6.07, 6.45) is 0.266. The van der Waals surface area contributed by atoms with E-state index in [2.05, 4.69) is 9.82 Å². The van der Waals surface area contributed by atoms with Crippen LogP contribution < -0.4 is 9.46 Å². The zero-order valence-electron chi connectivity index (χ0n) is 19.7. The minimum Gasteiger partial charge on any atom is -0.497 e. The van der Waals surface area contributed by atoms with Crippen LogP contribution in [0.4, 0.5) is 5.69 Å². The monoisotopic (exact) mass is 513 g/mol. The highest BCUT2D eigenvalue weighted by Gasteiger charge is 2.38. The van der Waals surface area contributed by atoms with Crippen LogP contribution in [0.2, 0.25) is 0 Å². The van der Waals surface area contributed by atoms with Gasteiger partial charge in [0.1, 0.15) is 5.75 Å². The van der Waals surface area contributed by atoms with Gasteiger partial charge >= 0.3 is 0 Å². The Bertz CT molecular complexity index is 1450. The molecule has 0 amide bonds. The number of hydrogen-bond donors (Lipinski definition) is 1. The van der Waals surface area contributed by atoms with Crippen molar-refractivity contribution in [1.82, 2.24) is 4.41 Å². The molecule has 1 aliphatic rings. The fraction of sp³-hybridized carbons (Fsp3) is 0.240. The molecule has 1 aliphatic heterocycles. The maximum atomic E-state index is 13.7. The van der Waals surface area contributed by atoms with Gasteiger partial charge in [0, 0.05) is 12.0 Å². The Balaban J connectivity index is 1.81. The van der Waals surface area contributed by atoms with Crippen LogP contribution in [0.1, 0.15) is 36.1 Å². The van der Waals surface area contributed by atoms with Gasteiger partial charge < -0.3 is 4.74 Å². The predicted octanol–water partition coefficient (Wildman–Crippen LogP) is 4.31. The summed E-state index contributed by atoms with van der Waals surface area (Å²) in [7, 11) is -5.96. The van der Waals surface area contributed by atoms with Crippen molar-refractivity contribution < 1.29 is 21.6 Å². The molecule has 0 radical (unpaired) electrons. The molecule has 0 spiro atoms. The number of hydrogen-bond acceptors (Lipinski definition) is 6. The van der Waals surface area contributed by atoms with Gasteiger partial charge in [-0.3, -0.25) is 4.72 Å². The molecule has 1 atom stereocenters. The second-order valence-corrected chi connectivity index (χ2v) is 12.0. The molecule has 35 heavy (non-hydrogen) atoms. The van der Waals surface area contributed by atoms with E-state index in [0.717, 1.165) is 15.5 Å². The highest BCUT2D eigenvalue weighted by molar-refractivity contribution is 7.92. The normalized spacial score (nSPS) is 16.1. The van der Waals surface area contributed by atoms with E-state index in [9.17, 15) is 16.8 Å². The van der Waals surface area contributed by atoms with Crippen molar-refractivity contribution in [2.45, 2.75) is 31.2 Å². The number of sulfonamides is 2. The Hall–Kier alpha value is -3.37. The lowest BCUT2D eigenvalue weighted by Crippen LogP contribution is -2.27. The van der Waals surface area contributed by atoms with Crippen LogP contribution in [-0.2, 0) is 20.0 Å². The molecule has 0 aromatic heterocycles. The Morgan fingerprint density at radius 3 is 2.26 bits per heavy atom. The fourth-order valence-electron chi connectivity index (χ4n) is 3.83. The van der Waals surface area contributed by atoms with Gasteiger partial charge in [0.2, 0.25) is 10.0 Å². The average molecular weight is 514 g/mol. The van der Waals surface area contributed by atoms with Gasteiger partial charge in [-0.25, -0.2) is 8.42 Å².